The fourth-order valence-electron chi connectivity index (χ4n) is 10.2. The fourth-order valence-corrected chi connectivity index (χ4v) is 10.2. The van der Waals surface area contributed by atoms with E-state index in [0.717, 1.165) is 110 Å². The zero-order valence-corrected chi connectivity index (χ0v) is 42.7. The van der Waals surface area contributed by atoms with E-state index in [0.29, 0.717) is 11.4 Å². The van der Waals surface area contributed by atoms with E-state index in [2.05, 4.69) is 211 Å². The number of phenols is 1. The molecule has 0 saturated carbocycles. The van der Waals surface area contributed by atoms with Gasteiger partial charge < -0.3 is 13.9 Å². The van der Waals surface area contributed by atoms with Gasteiger partial charge in [0.05, 0.1) is 39.0 Å². The van der Waals surface area contributed by atoms with Crippen LogP contribution in [0.2, 0.25) is 0 Å². The molecule has 0 amide bonds. The van der Waals surface area contributed by atoms with Crippen LogP contribution in [0.15, 0.2) is 156 Å². The van der Waals surface area contributed by atoms with Crippen molar-refractivity contribution in [3.63, 3.8) is 0 Å². The van der Waals surface area contributed by atoms with Crippen molar-refractivity contribution in [2.75, 3.05) is 0 Å². The molecule has 0 spiro atoms. The molecule has 0 radical (unpaired) electrons. The molecule has 1 N–H and O–H groups in total. The second-order valence-electron chi connectivity index (χ2n) is 21.6. The van der Waals surface area contributed by atoms with Crippen LogP contribution < -0.4 is 0 Å². The van der Waals surface area contributed by atoms with Crippen molar-refractivity contribution in [1.82, 2.24) is 18.9 Å². The Hall–Kier alpha value is -7.01. The molecule has 6 nitrogen and oxygen atoms in total. The van der Waals surface area contributed by atoms with Gasteiger partial charge in [-0.2, -0.15) is 0 Å². The fraction of sp³-hybridized carbons (Fsp3) is 0.194. The maximum absolute atomic E-state index is 12.6. The Morgan fingerprint density at radius 1 is 0.522 bits per heavy atom. The number of nitrogens with zero attached hydrogens (tertiary/aromatic N) is 4. The Balaban J connectivity index is 0.00000520. The van der Waals surface area contributed by atoms with E-state index in [-0.39, 0.29) is 43.1 Å². The summed E-state index contributed by atoms with van der Waals surface area (Å²) in [5.74, 6) is 0.917. The number of rotatable bonds is 4. The molecular formula is C62H53N4O2Pt-. The molecule has 8 aromatic carbocycles. The van der Waals surface area contributed by atoms with Crippen molar-refractivity contribution in [1.29, 1.82) is 0 Å². The number of hydrogen-bond acceptors (Lipinski definition) is 4. The molecule has 4 heterocycles. The molecule has 0 saturated heterocycles. The number of phenolic OH excluding ortho intramolecular Hbond substituents is 1. The Bertz CT molecular complexity index is 4040. The summed E-state index contributed by atoms with van der Waals surface area (Å²) in [6.45, 7) is 20.0. The minimum Gasteiger partial charge on any atom is -0.507 e. The van der Waals surface area contributed by atoms with Gasteiger partial charge in [0, 0.05) is 54.5 Å². The molecule has 0 aliphatic rings. The third kappa shape index (κ3) is 7.09. The summed E-state index contributed by atoms with van der Waals surface area (Å²) >= 11 is 0. The van der Waals surface area contributed by atoms with E-state index in [1.807, 2.05) is 18.2 Å². The molecule has 0 aliphatic carbocycles. The first-order valence-electron chi connectivity index (χ1n) is 23.6. The van der Waals surface area contributed by atoms with Crippen LogP contribution in [0, 0.1) is 6.07 Å². The van der Waals surface area contributed by atoms with Gasteiger partial charge in [-0.25, -0.2) is 4.98 Å². The van der Waals surface area contributed by atoms with Crippen LogP contribution in [0.3, 0.4) is 0 Å². The predicted octanol–water partition coefficient (Wildman–Crippen LogP) is 16.4. The molecule has 0 unspecified atom stereocenters. The summed E-state index contributed by atoms with van der Waals surface area (Å²) in [6.07, 6.45) is 0. The summed E-state index contributed by atoms with van der Waals surface area (Å²) in [5, 5.41) is 17.8. The van der Waals surface area contributed by atoms with Crippen LogP contribution in [0.4, 0.5) is 0 Å². The number of aromatic hydroxyl groups is 1. The van der Waals surface area contributed by atoms with Gasteiger partial charge in [0.25, 0.3) is 0 Å². The maximum Gasteiger partial charge on any atom is 0.148 e. The maximum atomic E-state index is 12.6. The van der Waals surface area contributed by atoms with E-state index in [4.69, 9.17) is 14.4 Å². The van der Waals surface area contributed by atoms with Crippen molar-refractivity contribution in [3.8, 4) is 45.1 Å². The molecule has 12 rings (SSSR count). The number of fused-ring (bicyclic) bond motifs is 12. The number of aromatic nitrogens is 4. The molecule has 0 aliphatic heterocycles. The standard InChI is InChI=1S/C62H53N4O2.Pt/c1-60(2,3)38-27-29-50(43(31-38)36-18-11-10-12-19-36)65-52-24-17-21-40(56(52)64-59(65)47-32-39(61(4,5)6)33-48(57(47)67)62(7,8)9)37-26-28-41-44-34-45-42-20-13-16-25-54(42)68-55(45)35-53(44)66-51-23-15-14-22-49(51)63-58(66)46(41)30-37;/h10-29,31-35,67H,1-9H3;/q-1;. The molecule has 344 valence electrons. The quantitative estimate of drug-likeness (QED) is 0.141. The van der Waals surface area contributed by atoms with E-state index >= 15 is 0 Å². The number of hydrogen-bond donors (Lipinski definition) is 1. The normalized spacial score (nSPS) is 12.7. The van der Waals surface area contributed by atoms with Crippen LogP contribution in [-0.2, 0) is 37.3 Å². The average Bonchev–Trinajstić information content (AvgIpc) is 4.02. The first-order chi connectivity index (χ1) is 32.5. The predicted molar refractivity (Wildman–Crippen MR) is 283 cm³/mol. The summed E-state index contributed by atoms with van der Waals surface area (Å²) in [7, 11) is 0. The third-order valence-electron chi connectivity index (χ3n) is 13.9. The smallest absolute Gasteiger partial charge is 0.148 e. The first-order valence-corrected chi connectivity index (χ1v) is 23.6. The van der Waals surface area contributed by atoms with Gasteiger partial charge in [0.1, 0.15) is 22.7 Å². The Labute approximate surface area is 416 Å². The number of furan rings is 1. The van der Waals surface area contributed by atoms with Gasteiger partial charge in [-0.05, 0) is 86.9 Å². The average molecular weight is 1080 g/mol. The number of pyridine rings is 1. The van der Waals surface area contributed by atoms with E-state index in [1.54, 1.807) is 0 Å². The number of imidazole rings is 2. The summed E-state index contributed by atoms with van der Waals surface area (Å²) in [5.41, 5.74) is 15.6. The Kier molecular flexibility index (Phi) is 10.2. The van der Waals surface area contributed by atoms with Gasteiger partial charge in [0.15, 0.2) is 0 Å². The minimum atomic E-state index is -0.338. The largest absolute Gasteiger partial charge is 0.507 e. The van der Waals surface area contributed by atoms with E-state index in [1.165, 1.54) is 5.56 Å². The summed E-state index contributed by atoms with van der Waals surface area (Å²) < 4.78 is 11.0. The van der Waals surface area contributed by atoms with Gasteiger partial charge in [0.2, 0.25) is 0 Å². The van der Waals surface area contributed by atoms with Crippen molar-refractivity contribution in [2.24, 2.45) is 0 Å². The minimum absolute atomic E-state index is 0. The van der Waals surface area contributed by atoms with Crippen LogP contribution >= 0.6 is 0 Å². The van der Waals surface area contributed by atoms with E-state index < -0.39 is 0 Å². The second kappa shape index (κ2) is 15.8. The molecule has 0 fully saturated rings. The topological polar surface area (TPSA) is 68.5 Å². The van der Waals surface area contributed by atoms with Gasteiger partial charge in [-0.15, -0.1) is 23.8 Å². The first kappa shape index (κ1) is 44.5. The molecule has 12 aromatic rings. The van der Waals surface area contributed by atoms with Gasteiger partial charge in [-0.3, -0.25) is 9.55 Å². The Morgan fingerprint density at radius 2 is 1.23 bits per heavy atom. The zero-order chi connectivity index (χ0) is 47.0. The molecular weight excluding hydrogens is 1030 g/mol. The molecule has 4 aromatic heterocycles. The summed E-state index contributed by atoms with van der Waals surface area (Å²) in [6, 6.07) is 57.5. The van der Waals surface area contributed by atoms with Gasteiger partial charge in [-0.1, -0.05) is 164 Å². The third-order valence-corrected chi connectivity index (χ3v) is 13.9. The SMILES string of the molecule is CC(C)(C)c1ccc(-n2c(-c3cc(C(C)(C)C)cc(C(C)(C)C)c3O)nc3c(-c4[c-]c5c(cc4)c4cc6c(cc4n4c7ccccc7nc54)oc4ccccc46)cccc32)c(-c2ccccc2)c1.[Pt]. The van der Waals surface area contributed by atoms with Crippen molar-refractivity contribution >= 4 is 71.3 Å². The van der Waals surface area contributed by atoms with Gasteiger partial charge >= 0.3 is 0 Å². The zero-order valence-electron chi connectivity index (χ0n) is 40.4. The van der Waals surface area contributed by atoms with Crippen molar-refractivity contribution in [3.05, 3.63) is 174 Å². The molecule has 0 bridgehead atoms. The van der Waals surface area contributed by atoms with Crippen LogP contribution in [0.5, 0.6) is 5.75 Å². The summed E-state index contributed by atoms with van der Waals surface area (Å²) in [4.78, 5) is 11.0. The monoisotopic (exact) mass is 1080 g/mol. The van der Waals surface area contributed by atoms with Crippen molar-refractivity contribution in [2.45, 2.75) is 78.6 Å². The second-order valence-corrected chi connectivity index (χ2v) is 21.6. The van der Waals surface area contributed by atoms with Crippen molar-refractivity contribution < 1.29 is 30.6 Å². The van der Waals surface area contributed by atoms with Crippen LogP contribution in [0.25, 0.3) is 111 Å². The molecule has 0 atom stereocenters. The van der Waals surface area contributed by atoms with Crippen LogP contribution in [-0.4, -0.2) is 24.0 Å². The van der Waals surface area contributed by atoms with E-state index in [9.17, 15) is 5.11 Å². The molecule has 7 heteroatoms. The number of benzene rings is 8. The Morgan fingerprint density at radius 3 is 2.00 bits per heavy atom. The van der Waals surface area contributed by atoms with Crippen LogP contribution in [0.1, 0.15) is 79.0 Å². The number of para-hydroxylation sites is 4. The molecule has 69 heavy (non-hydrogen) atoms.